The minimum atomic E-state index is -1.54. The van der Waals surface area contributed by atoms with Crippen molar-refractivity contribution < 1.29 is 44.3 Å². The first-order chi connectivity index (χ1) is 26.7. The van der Waals surface area contributed by atoms with Gasteiger partial charge in [-0.1, -0.05) is 162 Å². The number of hydrogen-bond acceptors (Lipinski definition) is 8. The minimum Gasteiger partial charge on any atom is -0.481 e. The molecule has 12 nitrogen and oxygen atoms in total. The van der Waals surface area contributed by atoms with Crippen LogP contribution in [-0.2, 0) is 23.9 Å². The smallest absolute Gasteiger partial charge is 0.303 e. The summed E-state index contributed by atoms with van der Waals surface area (Å²) in [4.78, 5) is 51.3. The summed E-state index contributed by atoms with van der Waals surface area (Å²) in [6, 6.07) is -1.21. The van der Waals surface area contributed by atoms with Crippen LogP contribution in [0.3, 0.4) is 0 Å². The number of ether oxygens (including phenoxy) is 1. The van der Waals surface area contributed by atoms with Crippen LogP contribution in [0.15, 0.2) is 0 Å². The van der Waals surface area contributed by atoms with Gasteiger partial charge >= 0.3 is 5.97 Å². The second kappa shape index (κ2) is 33.8. The van der Waals surface area contributed by atoms with Gasteiger partial charge < -0.3 is 40.7 Å². The molecule has 5 atom stereocenters. The van der Waals surface area contributed by atoms with Crippen molar-refractivity contribution in [1.29, 1.82) is 0 Å². The number of carbonyl (C=O) groups excluding carboxylic acids is 3. The topological polar surface area (TPSA) is 186 Å². The summed E-state index contributed by atoms with van der Waals surface area (Å²) in [6.45, 7) is 3.78. The molecule has 1 heterocycles. The molecule has 12 heteroatoms. The summed E-state index contributed by atoms with van der Waals surface area (Å²) in [5.41, 5.74) is 0. The third-order valence-electron chi connectivity index (χ3n) is 10.8. The van der Waals surface area contributed by atoms with Crippen molar-refractivity contribution >= 4 is 23.7 Å². The fraction of sp³-hybridized carbons (Fsp3) is 0.907. The van der Waals surface area contributed by atoms with Crippen LogP contribution in [0.5, 0.6) is 0 Å². The highest BCUT2D eigenvalue weighted by Gasteiger charge is 2.48. The Balaban J connectivity index is 2.75. The lowest BCUT2D eigenvalue weighted by Crippen LogP contribution is -2.69. The third-order valence-corrected chi connectivity index (χ3v) is 10.8. The average Bonchev–Trinajstić information content (AvgIpc) is 3.16. The van der Waals surface area contributed by atoms with Crippen molar-refractivity contribution in [1.82, 2.24) is 15.5 Å². The zero-order valence-corrected chi connectivity index (χ0v) is 34.8. The van der Waals surface area contributed by atoms with Crippen LogP contribution >= 0.6 is 0 Å². The van der Waals surface area contributed by atoms with E-state index < -0.39 is 61.5 Å². The molecule has 0 unspecified atom stereocenters. The molecule has 3 amide bonds. The van der Waals surface area contributed by atoms with E-state index in [1.165, 1.54) is 109 Å². The zero-order chi connectivity index (χ0) is 40.5. The van der Waals surface area contributed by atoms with Crippen molar-refractivity contribution in [3.63, 3.8) is 0 Å². The van der Waals surface area contributed by atoms with Crippen LogP contribution in [0, 0.1) is 0 Å². The Kier molecular flexibility index (Phi) is 31.2. The molecule has 0 saturated carbocycles. The first-order valence-electron chi connectivity index (χ1n) is 22.4. The second-order valence-corrected chi connectivity index (χ2v) is 15.8. The number of hydrogen-bond donors (Lipinski definition) is 6. The minimum absolute atomic E-state index is 0.0608. The van der Waals surface area contributed by atoms with E-state index in [-0.39, 0.29) is 31.6 Å². The molecular formula is C43H81N3O9. The number of carbonyl (C=O) groups is 4. The molecule has 6 N–H and O–H groups in total. The van der Waals surface area contributed by atoms with Crippen LogP contribution in [0.4, 0.5) is 0 Å². The maximum absolute atomic E-state index is 13.8. The molecule has 1 fully saturated rings. The summed E-state index contributed by atoms with van der Waals surface area (Å²) in [5, 5.41) is 45.8. The van der Waals surface area contributed by atoms with Gasteiger partial charge in [0.05, 0.1) is 13.2 Å². The van der Waals surface area contributed by atoms with Crippen LogP contribution < -0.4 is 10.6 Å². The molecule has 0 spiro atoms. The van der Waals surface area contributed by atoms with Gasteiger partial charge in [-0.2, -0.15) is 0 Å². The lowest BCUT2D eigenvalue weighted by molar-refractivity contribution is -0.231. The van der Waals surface area contributed by atoms with Crippen LogP contribution in [0.2, 0.25) is 0 Å². The maximum atomic E-state index is 13.8. The first kappa shape index (κ1) is 50.7. The summed E-state index contributed by atoms with van der Waals surface area (Å²) >= 11 is 0. The lowest BCUT2D eigenvalue weighted by Gasteiger charge is -2.47. The molecule has 0 aromatic carbocycles. The zero-order valence-electron chi connectivity index (χ0n) is 34.8. The van der Waals surface area contributed by atoms with E-state index in [0.29, 0.717) is 19.4 Å². The van der Waals surface area contributed by atoms with E-state index in [1.807, 2.05) is 0 Å². The highest BCUT2D eigenvalue weighted by molar-refractivity contribution is 5.85. The van der Waals surface area contributed by atoms with Gasteiger partial charge in [-0.25, -0.2) is 0 Å². The predicted octanol–water partition coefficient (Wildman–Crippen LogP) is 7.29. The van der Waals surface area contributed by atoms with Crippen molar-refractivity contribution in [2.24, 2.45) is 0 Å². The second-order valence-electron chi connectivity index (χ2n) is 15.8. The molecule has 1 rings (SSSR count). The Morgan fingerprint density at radius 3 is 1.47 bits per heavy atom. The largest absolute Gasteiger partial charge is 0.481 e. The maximum Gasteiger partial charge on any atom is 0.303 e. The van der Waals surface area contributed by atoms with Gasteiger partial charge in [-0.3, -0.25) is 19.2 Å². The summed E-state index contributed by atoms with van der Waals surface area (Å²) in [7, 11) is 0. The molecule has 0 bridgehead atoms. The summed E-state index contributed by atoms with van der Waals surface area (Å²) < 4.78 is 6.07. The van der Waals surface area contributed by atoms with Crippen molar-refractivity contribution in [2.75, 3.05) is 19.7 Å². The van der Waals surface area contributed by atoms with Crippen LogP contribution in [-0.4, -0.2) is 99.3 Å². The highest BCUT2D eigenvalue weighted by atomic mass is 16.5. The normalized spacial score (nSPS) is 19.6. The summed E-state index contributed by atoms with van der Waals surface area (Å²) in [6.07, 6.45) is 24.4. The number of nitrogens with one attached hydrogen (secondary N) is 2. The Morgan fingerprint density at radius 1 is 0.564 bits per heavy atom. The van der Waals surface area contributed by atoms with E-state index in [0.717, 1.165) is 38.5 Å². The van der Waals surface area contributed by atoms with Gasteiger partial charge in [0.25, 0.3) is 0 Å². The van der Waals surface area contributed by atoms with Gasteiger partial charge in [0, 0.05) is 25.8 Å². The molecule has 0 radical (unpaired) electrons. The van der Waals surface area contributed by atoms with Gasteiger partial charge in [0.1, 0.15) is 24.4 Å². The molecule has 1 aliphatic heterocycles. The van der Waals surface area contributed by atoms with E-state index >= 15 is 0 Å². The number of nitrogens with zero attached hydrogens (tertiary/aromatic N) is 1. The summed E-state index contributed by atoms with van der Waals surface area (Å²) in [5.74, 6) is -2.33. The number of aliphatic hydroxyl groups excluding tert-OH is 3. The van der Waals surface area contributed by atoms with Crippen molar-refractivity contribution in [2.45, 2.75) is 231 Å². The number of amides is 3. The quantitative estimate of drug-likeness (QED) is 0.0355. The number of unbranched alkanes of at least 4 members (excludes halogenated alkanes) is 23. The molecule has 1 aliphatic rings. The monoisotopic (exact) mass is 784 g/mol. The standard InChI is InChI=1S/C43H81N3O9/c1-3-5-7-9-11-13-14-15-16-17-18-19-21-23-25-27-32-46(38(50)30-26-24-22-20-12-10-8-6-4-2)43-40(42(54)41(53)35(34-47)55-43)45-37(49)33-44-36(48)29-28-31-39(51)52/h35,40-43,47,53-54H,3-34H2,1-2H3,(H,44,48)(H,45,49)(H,51,52)/t35-,40+,41-,42-,43-/m1/s1. The number of rotatable bonds is 36. The van der Waals surface area contributed by atoms with Gasteiger partial charge in [0.15, 0.2) is 6.23 Å². The number of carboxylic acids is 1. The average molecular weight is 784 g/mol. The van der Waals surface area contributed by atoms with Crippen LogP contribution in [0.1, 0.15) is 200 Å². The molecule has 1 saturated heterocycles. The number of carboxylic acid groups (broad SMARTS) is 1. The van der Waals surface area contributed by atoms with Crippen molar-refractivity contribution in [3.8, 4) is 0 Å². The van der Waals surface area contributed by atoms with E-state index in [2.05, 4.69) is 24.5 Å². The van der Waals surface area contributed by atoms with Gasteiger partial charge in [-0.15, -0.1) is 0 Å². The number of aliphatic hydroxyl groups is 3. The fourth-order valence-electron chi connectivity index (χ4n) is 7.38. The predicted molar refractivity (Wildman–Crippen MR) is 217 cm³/mol. The van der Waals surface area contributed by atoms with Gasteiger partial charge in [-0.05, 0) is 19.3 Å². The third kappa shape index (κ3) is 24.9. The van der Waals surface area contributed by atoms with Crippen molar-refractivity contribution in [3.05, 3.63) is 0 Å². The SMILES string of the molecule is CCCCCCCCCCCCCCCCCCN(C(=O)CCCCCCCCCCC)[C@@H]1O[C@H](CO)[C@@H](O)[C@H](O)[C@@H]1NC(=O)CNC(=O)CCCC(=O)O. The van der Waals surface area contributed by atoms with E-state index in [9.17, 15) is 34.5 Å². The Hall–Kier alpha value is -2.28. The molecule has 0 aliphatic carbocycles. The Bertz CT molecular complexity index is 1000. The lowest BCUT2D eigenvalue weighted by atomic mass is 9.94. The first-order valence-corrected chi connectivity index (χ1v) is 22.4. The Morgan fingerprint density at radius 2 is 1.02 bits per heavy atom. The fourth-order valence-corrected chi connectivity index (χ4v) is 7.38. The molecule has 0 aromatic heterocycles. The van der Waals surface area contributed by atoms with E-state index in [4.69, 9.17) is 9.84 Å². The number of aliphatic carboxylic acids is 1. The highest BCUT2D eigenvalue weighted by Crippen LogP contribution is 2.26. The van der Waals surface area contributed by atoms with Gasteiger partial charge in [0.2, 0.25) is 17.7 Å². The molecule has 55 heavy (non-hydrogen) atoms. The molecule has 0 aromatic rings. The molecule has 322 valence electrons. The Labute approximate surface area is 333 Å². The van der Waals surface area contributed by atoms with E-state index in [1.54, 1.807) is 4.90 Å². The van der Waals surface area contributed by atoms with Crippen LogP contribution in [0.25, 0.3) is 0 Å². The molecular weight excluding hydrogens is 702 g/mol.